The molecular weight excluding hydrogens is 370 g/mol. The van der Waals surface area contributed by atoms with Gasteiger partial charge in [-0.15, -0.1) is 11.3 Å². The van der Waals surface area contributed by atoms with Gasteiger partial charge >= 0.3 is 5.97 Å². The zero-order valence-electron chi connectivity index (χ0n) is 14.6. The summed E-state index contributed by atoms with van der Waals surface area (Å²) in [7, 11) is 3.13. The molecule has 1 aromatic heterocycles. The monoisotopic (exact) mass is 387 g/mol. The first-order valence-electron chi connectivity index (χ1n) is 7.87. The van der Waals surface area contributed by atoms with E-state index in [0.29, 0.717) is 17.2 Å². The third-order valence-electron chi connectivity index (χ3n) is 3.73. The summed E-state index contributed by atoms with van der Waals surface area (Å²) in [4.78, 5) is 16.5. The zero-order valence-corrected chi connectivity index (χ0v) is 15.4. The number of aromatic hydroxyl groups is 2. The van der Waals surface area contributed by atoms with Crippen LogP contribution < -0.4 is 9.47 Å². The quantitative estimate of drug-likeness (QED) is 0.624. The number of phenolic OH excluding ortho intramolecular Hbond substituents is 2. The first kappa shape index (κ1) is 18.5. The van der Waals surface area contributed by atoms with Gasteiger partial charge in [0.25, 0.3) is 0 Å². The number of methoxy groups -OCH3 is 2. The first-order valence-corrected chi connectivity index (χ1v) is 8.75. The van der Waals surface area contributed by atoms with Crippen LogP contribution in [0.15, 0.2) is 41.8 Å². The summed E-state index contributed by atoms with van der Waals surface area (Å²) in [6.45, 7) is -0.0388. The average molecular weight is 387 g/mol. The predicted octanol–water partition coefficient (Wildman–Crippen LogP) is 3.60. The Labute approximate surface area is 159 Å². The molecule has 0 fully saturated rings. The smallest absolute Gasteiger partial charge is 0.342 e. The Bertz CT molecular complexity index is 969. The number of phenols is 2. The normalized spacial score (nSPS) is 10.4. The minimum Gasteiger partial charge on any atom is -0.508 e. The van der Waals surface area contributed by atoms with Crippen molar-refractivity contribution < 1.29 is 29.2 Å². The standard InChI is InChI=1S/C19H17NO6S/c1-24-16-6-3-11(7-17(16)25-2)18-20-12(10-27-18)9-26-19(23)14-5-4-13(21)8-15(14)22/h3-8,10,21-22H,9H2,1-2H3. The zero-order chi connectivity index (χ0) is 19.4. The third-order valence-corrected chi connectivity index (χ3v) is 4.67. The van der Waals surface area contributed by atoms with Gasteiger partial charge in [0.2, 0.25) is 0 Å². The lowest BCUT2D eigenvalue weighted by Gasteiger charge is -2.08. The van der Waals surface area contributed by atoms with Crippen LogP contribution in [0.5, 0.6) is 23.0 Å². The number of carbonyl (C=O) groups excluding carboxylic acids is 1. The highest BCUT2D eigenvalue weighted by molar-refractivity contribution is 7.13. The molecule has 3 aromatic rings. The van der Waals surface area contributed by atoms with Gasteiger partial charge in [-0.05, 0) is 30.3 Å². The molecule has 0 saturated carbocycles. The Hall–Kier alpha value is -3.26. The van der Waals surface area contributed by atoms with Gasteiger partial charge in [-0.3, -0.25) is 0 Å². The fourth-order valence-electron chi connectivity index (χ4n) is 2.38. The molecule has 0 spiro atoms. The van der Waals surface area contributed by atoms with E-state index < -0.39 is 5.97 Å². The molecule has 0 aliphatic heterocycles. The second-order valence-corrected chi connectivity index (χ2v) is 6.35. The second kappa shape index (κ2) is 7.96. The van der Waals surface area contributed by atoms with E-state index in [1.54, 1.807) is 25.7 Å². The van der Waals surface area contributed by atoms with Gasteiger partial charge in [0.15, 0.2) is 11.5 Å². The lowest BCUT2D eigenvalue weighted by atomic mass is 10.2. The molecule has 8 heteroatoms. The number of carbonyl (C=O) groups is 1. The fourth-order valence-corrected chi connectivity index (χ4v) is 3.19. The maximum absolute atomic E-state index is 12.1. The highest BCUT2D eigenvalue weighted by Gasteiger charge is 2.15. The number of nitrogens with zero attached hydrogens (tertiary/aromatic N) is 1. The molecule has 3 rings (SSSR count). The maximum atomic E-state index is 12.1. The summed E-state index contributed by atoms with van der Waals surface area (Å²) in [6, 6.07) is 9.15. The summed E-state index contributed by atoms with van der Waals surface area (Å²) >= 11 is 1.41. The number of hydrogen-bond acceptors (Lipinski definition) is 8. The van der Waals surface area contributed by atoms with Gasteiger partial charge in [0, 0.05) is 17.0 Å². The minimum atomic E-state index is -0.701. The predicted molar refractivity (Wildman–Crippen MR) is 99.5 cm³/mol. The number of esters is 1. The number of hydrogen-bond donors (Lipinski definition) is 2. The number of aromatic nitrogens is 1. The van der Waals surface area contributed by atoms with Gasteiger partial charge in [-0.1, -0.05) is 0 Å². The van der Waals surface area contributed by atoms with E-state index in [2.05, 4.69) is 4.98 Å². The van der Waals surface area contributed by atoms with Crippen molar-refractivity contribution in [3.8, 4) is 33.6 Å². The van der Waals surface area contributed by atoms with Crippen LogP contribution >= 0.6 is 11.3 Å². The van der Waals surface area contributed by atoms with Gasteiger partial charge in [-0.2, -0.15) is 0 Å². The van der Waals surface area contributed by atoms with Crippen LogP contribution in [0.4, 0.5) is 0 Å². The Morgan fingerprint density at radius 1 is 1.07 bits per heavy atom. The van der Waals surface area contributed by atoms with Gasteiger partial charge < -0.3 is 24.4 Å². The molecule has 0 aliphatic rings. The van der Waals surface area contributed by atoms with E-state index in [-0.39, 0.29) is 23.7 Å². The Morgan fingerprint density at radius 2 is 1.85 bits per heavy atom. The number of ether oxygens (including phenoxy) is 3. The Kier molecular flexibility index (Phi) is 5.46. The van der Waals surface area contributed by atoms with E-state index in [1.807, 2.05) is 12.1 Å². The molecule has 0 saturated heterocycles. The van der Waals surface area contributed by atoms with Crippen LogP contribution in [0.2, 0.25) is 0 Å². The van der Waals surface area contributed by atoms with Crippen molar-refractivity contribution in [2.45, 2.75) is 6.61 Å². The van der Waals surface area contributed by atoms with E-state index in [4.69, 9.17) is 14.2 Å². The number of benzene rings is 2. The summed E-state index contributed by atoms with van der Waals surface area (Å²) in [5.74, 6) is 0.0437. The lowest BCUT2D eigenvalue weighted by Crippen LogP contribution is -2.05. The Balaban J connectivity index is 1.70. The SMILES string of the molecule is COc1ccc(-c2nc(COC(=O)c3ccc(O)cc3O)cs2)cc1OC. The molecule has 0 atom stereocenters. The van der Waals surface area contributed by atoms with Crippen molar-refractivity contribution in [3.05, 3.63) is 53.0 Å². The topological polar surface area (TPSA) is 98.1 Å². The molecule has 0 unspecified atom stereocenters. The second-order valence-electron chi connectivity index (χ2n) is 5.49. The molecule has 2 aromatic carbocycles. The van der Waals surface area contributed by atoms with E-state index >= 15 is 0 Å². The molecule has 140 valence electrons. The molecule has 27 heavy (non-hydrogen) atoms. The molecule has 0 aliphatic carbocycles. The average Bonchev–Trinajstić information content (AvgIpc) is 3.14. The molecule has 7 nitrogen and oxygen atoms in total. The molecule has 0 bridgehead atoms. The maximum Gasteiger partial charge on any atom is 0.342 e. The van der Waals surface area contributed by atoms with Gasteiger partial charge in [-0.25, -0.2) is 9.78 Å². The summed E-state index contributed by atoms with van der Waals surface area (Å²) in [5, 5.41) is 21.5. The van der Waals surface area contributed by atoms with Gasteiger partial charge in [0.1, 0.15) is 28.7 Å². The molecule has 0 amide bonds. The largest absolute Gasteiger partial charge is 0.508 e. The van der Waals surface area contributed by atoms with Crippen molar-refractivity contribution >= 4 is 17.3 Å². The lowest BCUT2D eigenvalue weighted by molar-refractivity contribution is 0.0465. The molecule has 2 N–H and O–H groups in total. The van der Waals surface area contributed by atoms with Crippen LogP contribution in [0.25, 0.3) is 10.6 Å². The van der Waals surface area contributed by atoms with Crippen molar-refractivity contribution in [2.24, 2.45) is 0 Å². The van der Waals surface area contributed by atoms with E-state index in [1.165, 1.54) is 23.5 Å². The molecular formula is C19H17NO6S. The van der Waals surface area contributed by atoms with Crippen LogP contribution in [0, 0.1) is 0 Å². The van der Waals surface area contributed by atoms with Crippen LogP contribution in [-0.2, 0) is 11.3 Å². The molecule has 1 heterocycles. The van der Waals surface area contributed by atoms with Crippen LogP contribution in [0.1, 0.15) is 16.1 Å². The van der Waals surface area contributed by atoms with E-state index in [9.17, 15) is 15.0 Å². The van der Waals surface area contributed by atoms with E-state index in [0.717, 1.165) is 16.6 Å². The highest BCUT2D eigenvalue weighted by Crippen LogP contribution is 2.33. The first-order chi connectivity index (χ1) is 13.0. The van der Waals surface area contributed by atoms with Crippen LogP contribution in [-0.4, -0.2) is 35.4 Å². The number of rotatable bonds is 6. The van der Waals surface area contributed by atoms with Crippen molar-refractivity contribution in [1.29, 1.82) is 0 Å². The minimum absolute atomic E-state index is 0.0249. The van der Waals surface area contributed by atoms with Crippen molar-refractivity contribution in [2.75, 3.05) is 14.2 Å². The summed E-state index contributed by atoms with van der Waals surface area (Å²) < 4.78 is 15.7. The van der Waals surface area contributed by atoms with Gasteiger partial charge in [0.05, 0.1) is 19.9 Å². The summed E-state index contributed by atoms with van der Waals surface area (Å²) in [5.41, 5.74) is 1.41. The Morgan fingerprint density at radius 3 is 2.56 bits per heavy atom. The third kappa shape index (κ3) is 4.12. The van der Waals surface area contributed by atoms with Crippen molar-refractivity contribution in [3.63, 3.8) is 0 Å². The highest BCUT2D eigenvalue weighted by atomic mass is 32.1. The number of thiazole rings is 1. The molecule has 0 radical (unpaired) electrons. The van der Waals surface area contributed by atoms with Crippen LogP contribution in [0.3, 0.4) is 0 Å². The van der Waals surface area contributed by atoms with Crippen molar-refractivity contribution in [1.82, 2.24) is 4.98 Å². The summed E-state index contributed by atoms with van der Waals surface area (Å²) in [6.07, 6.45) is 0. The fraction of sp³-hybridized carbons (Fsp3) is 0.158.